The first-order valence-corrected chi connectivity index (χ1v) is 5.65. The van der Waals surface area contributed by atoms with Gasteiger partial charge in [-0.1, -0.05) is 0 Å². The van der Waals surface area contributed by atoms with Crippen molar-refractivity contribution in [3.8, 4) is 11.8 Å². The van der Waals surface area contributed by atoms with Gasteiger partial charge in [0.1, 0.15) is 5.75 Å². The molecule has 0 saturated heterocycles. The van der Waals surface area contributed by atoms with Crippen molar-refractivity contribution in [2.24, 2.45) is 0 Å². The lowest BCUT2D eigenvalue weighted by molar-refractivity contribution is 0.0977. The molecule has 0 aliphatic heterocycles. The second kappa shape index (κ2) is 6.05. The van der Waals surface area contributed by atoms with E-state index in [4.69, 9.17) is 10.00 Å². The Morgan fingerprint density at radius 3 is 2.59 bits per heavy atom. The summed E-state index contributed by atoms with van der Waals surface area (Å²) in [5.74, 6) is 0.662. The fourth-order valence-corrected chi connectivity index (χ4v) is 1.64. The third-order valence-electron chi connectivity index (χ3n) is 2.81. The SMILES string of the molecule is COc1cc(C)c(C)cc1C(=O)CCCC#N. The van der Waals surface area contributed by atoms with E-state index in [1.165, 1.54) is 0 Å². The Morgan fingerprint density at radius 2 is 2.00 bits per heavy atom. The zero-order valence-electron chi connectivity index (χ0n) is 10.5. The van der Waals surface area contributed by atoms with E-state index in [2.05, 4.69) is 0 Å². The van der Waals surface area contributed by atoms with Gasteiger partial charge in [0, 0.05) is 12.8 Å². The zero-order valence-corrected chi connectivity index (χ0v) is 10.5. The van der Waals surface area contributed by atoms with Crippen molar-refractivity contribution >= 4 is 5.78 Å². The number of carbonyl (C=O) groups is 1. The number of nitriles is 1. The van der Waals surface area contributed by atoms with E-state index in [0.717, 1.165) is 11.1 Å². The van der Waals surface area contributed by atoms with Crippen molar-refractivity contribution in [3.63, 3.8) is 0 Å². The zero-order chi connectivity index (χ0) is 12.8. The number of ketones is 1. The molecule has 0 fully saturated rings. The lowest BCUT2D eigenvalue weighted by atomic mass is 9.99. The van der Waals surface area contributed by atoms with Gasteiger partial charge in [-0.25, -0.2) is 0 Å². The van der Waals surface area contributed by atoms with Gasteiger partial charge in [0.2, 0.25) is 0 Å². The smallest absolute Gasteiger partial charge is 0.166 e. The van der Waals surface area contributed by atoms with Crippen LogP contribution in [0.25, 0.3) is 0 Å². The lowest BCUT2D eigenvalue weighted by Gasteiger charge is -2.10. The second-order valence-electron chi connectivity index (χ2n) is 4.07. The normalized spacial score (nSPS) is 9.76. The van der Waals surface area contributed by atoms with Gasteiger partial charge in [-0.15, -0.1) is 0 Å². The molecule has 0 N–H and O–H groups in total. The molecule has 0 amide bonds. The van der Waals surface area contributed by atoms with Crippen LogP contribution >= 0.6 is 0 Å². The first-order chi connectivity index (χ1) is 8.10. The molecule has 1 rings (SSSR count). The van der Waals surface area contributed by atoms with Gasteiger partial charge in [0.15, 0.2) is 5.78 Å². The first kappa shape index (κ1) is 13.2. The lowest BCUT2D eigenvalue weighted by Crippen LogP contribution is -2.03. The molecule has 0 aliphatic carbocycles. The van der Waals surface area contributed by atoms with Crippen LogP contribution in [0.2, 0.25) is 0 Å². The van der Waals surface area contributed by atoms with Gasteiger partial charge in [-0.05, 0) is 43.5 Å². The fraction of sp³-hybridized carbons (Fsp3) is 0.429. The molecule has 1 aromatic carbocycles. The summed E-state index contributed by atoms with van der Waals surface area (Å²) < 4.78 is 5.22. The fourth-order valence-electron chi connectivity index (χ4n) is 1.64. The molecule has 0 aromatic heterocycles. The minimum absolute atomic E-state index is 0.0419. The summed E-state index contributed by atoms with van der Waals surface area (Å²) >= 11 is 0. The summed E-state index contributed by atoms with van der Waals surface area (Å²) in [7, 11) is 1.57. The summed E-state index contributed by atoms with van der Waals surface area (Å²) in [5.41, 5.74) is 2.80. The van der Waals surface area contributed by atoms with Gasteiger partial charge in [-0.3, -0.25) is 4.79 Å². The number of aryl methyl sites for hydroxylation is 2. The minimum Gasteiger partial charge on any atom is -0.496 e. The molecule has 0 bridgehead atoms. The Bertz CT molecular complexity index is 458. The van der Waals surface area contributed by atoms with Crippen molar-refractivity contribution in [2.75, 3.05) is 7.11 Å². The number of nitrogens with zero attached hydrogens (tertiary/aromatic N) is 1. The largest absolute Gasteiger partial charge is 0.496 e. The summed E-state index contributed by atoms with van der Waals surface area (Å²) in [4.78, 5) is 12.0. The van der Waals surface area contributed by atoms with Crippen molar-refractivity contribution in [1.82, 2.24) is 0 Å². The maximum absolute atomic E-state index is 12.0. The summed E-state index contributed by atoms with van der Waals surface area (Å²) in [6.45, 7) is 3.96. The maximum atomic E-state index is 12.0. The van der Waals surface area contributed by atoms with E-state index in [1.54, 1.807) is 7.11 Å². The predicted molar refractivity (Wildman–Crippen MR) is 66.3 cm³/mol. The third kappa shape index (κ3) is 3.32. The Morgan fingerprint density at radius 1 is 1.35 bits per heavy atom. The highest BCUT2D eigenvalue weighted by Crippen LogP contribution is 2.24. The van der Waals surface area contributed by atoms with Crippen LogP contribution in [-0.2, 0) is 0 Å². The van der Waals surface area contributed by atoms with Crippen molar-refractivity contribution in [2.45, 2.75) is 33.1 Å². The number of carbonyl (C=O) groups excluding carboxylic acids is 1. The average molecular weight is 231 g/mol. The number of hydrogen-bond acceptors (Lipinski definition) is 3. The standard InChI is InChI=1S/C14H17NO2/c1-10-8-12(13(16)6-4-5-7-15)14(17-3)9-11(10)2/h8-9H,4-6H2,1-3H3. The number of ether oxygens (including phenoxy) is 1. The first-order valence-electron chi connectivity index (χ1n) is 5.65. The van der Waals surface area contributed by atoms with Crippen LogP contribution in [0.15, 0.2) is 12.1 Å². The number of hydrogen-bond donors (Lipinski definition) is 0. The Hall–Kier alpha value is -1.82. The highest BCUT2D eigenvalue weighted by atomic mass is 16.5. The highest BCUT2D eigenvalue weighted by Gasteiger charge is 2.13. The molecule has 3 nitrogen and oxygen atoms in total. The van der Waals surface area contributed by atoms with Crippen molar-refractivity contribution in [3.05, 3.63) is 28.8 Å². The number of rotatable bonds is 5. The van der Waals surface area contributed by atoms with Crippen LogP contribution in [0.1, 0.15) is 40.7 Å². The average Bonchev–Trinajstić information content (AvgIpc) is 2.32. The molecule has 0 unspecified atom stereocenters. The molecule has 17 heavy (non-hydrogen) atoms. The molecule has 3 heteroatoms. The molecule has 0 aliphatic rings. The van der Waals surface area contributed by atoms with E-state index in [1.807, 2.05) is 32.0 Å². The Kier molecular flexibility index (Phi) is 4.71. The molecule has 0 saturated carbocycles. The summed E-state index contributed by atoms with van der Waals surface area (Å²) in [5, 5.41) is 8.44. The summed E-state index contributed by atoms with van der Waals surface area (Å²) in [6.07, 6.45) is 1.41. The number of methoxy groups -OCH3 is 1. The van der Waals surface area contributed by atoms with Crippen molar-refractivity contribution < 1.29 is 9.53 Å². The quantitative estimate of drug-likeness (QED) is 0.577. The molecule has 90 valence electrons. The van der Waals surface area contributed by atoms with E-state index in [-0.39, 0.29) is 5.78 Å². The third-order valence-corrected chi connectivity index (χ3v) is 2.81. The van der Waals surface area contributed by atoms with Crippen LogP contribution < -0.4 is 4.74 Å². The van der Waals surface area contributed by atoms with Crippen LogP contribution in [0.4, 0.5) is 0 Å². The van der Waals surface area contributed by atoms with Crippen molar-refractivity contribution in [1.29, 1.82) is 5.26 Å². The Balaban J connectivity index is 2.92. The van der Waals surface area contributed by atoms with Gasteiger partial charge in [-0.2, -0.15) is 5.26 Å². The predicted octanol–water partition coefficient (Wildman–Crippen LogP) is 3.19. The van der Waals surface area contributed by atoms with Crippen LogP contribution in [0.5, 0.6) is 5.75 Å². The van der Waals surface area contributed by atoms with Crippen LogP contribution in [0, 0.1) is 25.2 Å². The minimum atomic E-state index is 0.0419. The van der Waals surface area contributed by atoms with E-state index in [9.17, 15) is 4.79 Å². The van der Waals surface area contributed by atoms with Crippen LogP contribution in [-0.4, -0.2) is 12.9 Å². The molecule has 0 radical (unpaired) electrons. The number of Topliss-reactive ketones (excluding diaryl/α,β-unsaturated/α-hetero) is 1. The van der Waals surface area contributed by atoms with E-state index >= 15 is 0 Å². The van der Waals surface area contributed by atoms with E-state index < -0.39 is 0 Å². The molecular formula is C14H17NO2. The molecule has 0 atom stereocenters. The van der Waals surface area contributed by atoms with Gasteiger partial charge in [0.25, 0.3) is 0 Å². The topological polar surface area (TPSA) is 50.1 Å². The monoisotopic (exact) mass is 231 g/mol. The van der Waals surface area contributed by atoms with Gasteiger partial charge >= 0.3 is 0 Å². The highest BCUT2D eigenvalue weighted by molar-refractivity contribution is 5.99. The van der Waals surface area contributed by atoms with E-state index in [0.29, 0.717) is 30.6 Å². The Labute approximate surface area is 102 Å². The van der Waals surface area contributed by atoms with Crippen LogP contribution in [0.3, 0.4) is 0 Å². The molecule has 0 spiro atoms. The second-order valence-corrected chi connectivity index (χ2v) is 4.07. The molecule has 1 aromatic rings. The summed E-state index contributed by atoms with van der Waals surface area (Å²) in [6, 6.07) is 5.79. The number of benzene rings is 1. The van der Waals surface area contributed by atoms with Gasteiger partial charge < -0.3 is 4.74 Å². The molecular weight excluding hydrogens is 214 g/mol. The van der Waals surface area contributed by atoms with Gasteiger partial charge in [0.05, 0.1) is 18.7 Å². The number of unbranched alkanes of at least 4 members (excludes halogenated alkanes) is 1. The molecule has 0 heterocycles. The maximum Gasteiger partial charge on any atom is 0.166 e.